The second-order valence-electron chi connectivity index (χ2n) is 5.56. The van der Waals surface area contributed by atoms with Crippen molar-refractivity contribution in [1.29, 1.82) is 0 Å². The van der Waals surface area contributed by atoms with Gasteiger partial charge in [0.25, 0.3) is 0 Å². The molecule has 1 aromatic rings. The molecule has 1 unspecified atom stereocenters. The Morgan fingerprint density at radius 3 is 2.45 bits per heavy atom. The Balaban J connectivity index is 2.42. The fourth-order valence-corrected chi connectivity index (χ4v) is 2.02. The normalized spacial score (nSPS) is 12.8. The van der Waals surface area contributed by atoms with Gasteiger partial charge in [0.15, 0.2) is 0 Å². The number of aliphatic carboxylic acids is 1. The van der Waals surface area contributed by atoms with Gasteiger partial charge in [-0.1, -0.05) is 30.3 Å². The van der Waals surface area contributed by atoms with Gasteiger partial charge in [0.2, 0.25) is 5.91 Å². The standard InChI is InChI=1S/C15H22N2O3/c1-15(2,10-14(19)20)17-13(18)9-8-12(16)11-6-4-3-5-7-11/h3-7,12H,8-10,16H2,1-2H3,(H,17,18)(H,19,20). The molecule has 0 aliphatic carbocycles. The summed E-state index contributed by atoms with van der Waals surface area (Å²) in [6, 6.07) is 9.39. The summed E-state index contributed by atoms with van der Waals surface area (Å²) in [5, 5.41) is 11.5. The fraction of sp³-hybridized carbons (Fsp3) is 0.467. The SMILES string of the molecule is CC(C)(CC(=O)O)NC(=O)CCC(N)c1ccccc1. The third kappa shape index (κ3) is 5.84. The Kier molecular flexibility index (Phi) is 5.70. The van der Waals surface area contributed by atoms with Gasteiger partial charge in [-0.25, -0.2) is 0 Å². The van der Waals surface area contributed by atoms with Crippen LogP contribution >= 0.6 is 0 Å². The minimum Gasteiger partial charge on any atom is -0.481 e. The van der Waals surface area contributed by atoms with Crippen molar-refractivity contribution in [3.8, 4) is 0 Å². The van der Waals surface area contributed by atoms with E-state index in [1.165, 1.54) is 0 Å². The smallest absolute Gasteiger partial charge is 0.305 e. The summed E-state index contributed by atoms with van der Waals surface area (Å²) in [4.78, 5) is 22.5. The largest absolute Gasteiger partial charge is 0.481 e. The van der Waals surface area contributed by atoms with Crippen molar-refractivity contribution in [2.24, 2.45) is 5.73 Å². The number of carboxylic acids is 1. The van der Waals surface area contributed by atoms with E-state index in [0.717, 1.165) is 5.56 Å². The Morgan fingerprint density at radius 1 is 1.30 bits per heavy atom. The maximum absolute atomic E-state index is 11.8. The predicted molar refractivity (Wildman–Crippen MR) is 77.1 cm³/mol. The number of nitrogens with one attached hydrogen (secondary N) is 1. The lowest BCUT2D eigenvalue weighted by molar-refractivity contribution is -0.138. The molecule has 0 heterocycles. The van der Waals surface area contributed by atoms with Crippen LogP contribution < -0.4 is 11.1 Å². The quantitative estimate of drug-likeness (QED) is 0.709. The van der Waals surface area contributed by atoms with E-state index in [9.17, 15) is 9.59 Å². The molecule has 0 aromatic heterocycles. The first-order valence-electron chi connectivity index (χ1n) is 6.63. The number of carboxylic acid groups (broad SMARTS) is 1. The maximum Gasteiger partial charge on any atom is 0.305 e. The van der Waals surface area contributed by atoms with Crippen LogP contribution in [0.25, 0.3) is 0 Å². The molecule has 110 valence electrons. The molecule has 1 atom stereocenters. The van der Waals surface area contributed by atoms with Crippen molar-refractivity contribution in [1.82, 2.24) is 5.32 Å². The van der Waals surface area contributed by atoms with E-state index in [2.05, 4.69) is 5.32 Å². The molecule has 0 saturated heterocycles. The van der Waals surface area contributed by atoms with Crippen LogP contribution in [0.2, 0.25) is 0 Å². The van der Waals surface area contributed by atoms with E-state index in [1.54, 1.807) is 13.8 Å². The van der Waals surface area contributed by atoms with Crippen LogP contribution in [-0.4, -0.2) is 22.5 Å². The third-order valence-electron chi connectivity index (χ3n) is 2.98. The molecule has 0 saturated carbocycles. The molecular formula is C15H22N2O3. The molecule has 1 rings (SSSR count). The summed E-state index contributed by atoms with van der Waals surface area (Å²) in [6.45, 7) is 3.38. The summed E-state index contributed by atoms with van der Waals surface area (Å²) in [5.74, 6) is -1.11. The second kappa shape index (κ2) is 7.05. The zero-order valence-corrected chi connectivity index (χ0v) is 11.9. The van der Waals surface area contributed by atoms with Gasteiger partial charge < -0.3 is 16.2 Å². The van der Waals surface area contributed by atoms with Crippen LogP contribution in [0.1, 0.15) is 44.7 Å². The van der Waals surface area contributed by atoms with Crippen LogP contribution in [0.4, 0.5) is 0 Å². The van der Waals surface area contributed by atoms with E-state index < -0.39 is 11.5 Å². The first-order valence-corrected chi connectivity index (χ1v) is 6.63. The Hall–Kier alpha value is -1.88. The lowest BCUT2D eigenvalue weighted by atomic mass is 9.99. The summed E-state index contributed by atoms with van der Waals surface area (Å²) in [6.07, 6.45) is 0.696. The number of amides is 1. The van der Waals surface area contributed by atoms with Crippen molar-refractivity contribution in [2.75, 3.05) is 0 Å². The second-order valence-corrected chi connectivity index (χ2v) is 5.56. The first-order chi connectivity index (χ1) is 9.30. The minimum atomic E-state index is -0.934. The number of benzene rings is 1. The van der Waals surface area contributed by atoms with Crippen LogP contribution in [0.15, 0.2) is 30.3 Å². The van der Waals surface area contributed by atoms with Gasteiger partial charge in [0, 0.05) is 18.0 Å². The van der Waals surface area contributed by atoms with Gasteiger partial charge in [-0.05, 0) is 25.8 Å². The molecule has 0 radical (unpaired) electrons. The molecular weight excluding hydrogens is 256 g/mol. The van der Waals surface area contributed by atoms with Crippen LogP contribution in [0, 0.1) is 0 Å². The van der Waals surface area contributed by atoms with E-state index in [4.69, 9.17) is 10.8 Å². The molecule has 5 nitrogen and oxygen atoms in total. The fourth-order valence-electron chi connectivity index (χ4n) is 2.02. The highest BCUT2D eigenvalue weighted by atomic mass is 16.4. The average Bonchev–Trinajstić information content (AvgIpc) is 2.34. The zero-order chi connectivity index (χ0) is 15.2. The maximum atomic E-state index is 11.8. The lowest BCUT2D eigenvalue weighted by Crippen LogP contribution is -2.45. The van der Waals surface area contributed by atoms with Gasteiger partial charge in [0.1, 0.15) is 0 Å². The van der Waals surface area contributed by atoms with E-state index in [-0.39, 0.29) is 24.8 Å². The monoisotopic (exact) mass is 278 g/mol. The van der Waals surface area contributed by atoms with Gasteiger partial charge in [-0.3, -0.25) is 9.59 Å². The first kappa shape index (κ1) is 16.2. The van der Waals surface area contributed by atoms with Crippen LogP contribution in [-0.2, 0) is 9.59 Å². The summed E-state index contributed by atoms with van der Waals surface area (Å²) in [5.41, 5.74) is 6.25. The van der Waals surface area contributed by atoms with Crippen LogP contribution in [0.5, 0.6) is 0 Å². The third-order valence-corrected chi connectivity index (χ3v) is 2.98. The van der Waals surface area contributed by atoms with E-state index >= 15 is 0 Å². The van der Waals surface area contributed by atoms with E-state index in [1.807, 2.05) is 30.3 Å². The van der Waals surface area contributed by atoms with Gasteiger partial charge >= 0.3 is 5.97 Å². The predicted octanol–water partition coefficient (Wildman–Crippen LogP) is 1.84. The minimum absolute atomic E-state index is 0.108. The lowest BCUT2D eigenvalue weighted by Gasteiger charge is -2.24. The highest BCUT2D eigenvalue weighted by molar-refractivity contribution is 5.78. The molecule has 5 heteroatoms. The summed E-state index contributed by atoms with van der Waals surface area (Å²) >= 11 is 0. The Bertz CT molecular complexity index is 457. The number of rotatable bonds is 7. The number of carbonyl (C=O) groups is 2. The van der Waals surface area contributed by atoms with Crippen molar-refractivity contribution in [2.45, 2.75) is 44.7 Å². The number of carbonyl (C=O) groups excluding carboxylic acids is 1. The molecule has 20 heavy (non-hydrogen) atoms. The van der Waals surface area contributed by atoms with Crippen molar-refractivity contribution in [3.63, 3.8) is 0 Å². The summed E-state index contributed by atoms with van der Waals surface area (Å²) in [7, 11) is 0. The molecule has 1 amide bonds. The van der Waals surface area contributed by atoms with Crippen molar-refractivity contribution in [3.05, 3.63) is 35.9 Å². The average molecular weight is 278 g/mol. The van der Waals surface area contributed by atoms with Gasteiger partial charge in [-0.15, -0.1) is 0 Å². The van der Waals surface area contributed by atoms with Crippen molar-refractivity contribution < 1.29 is 14.7 Å². The number of hydrogen-bond donors (Lipinski definition) is 3. The molecule has 4 N–H and O–H groups in total. The number of nitrogens with two attached hydrogens (primary N) is 1. The highest BCUT2D eigenvalue weighted by Gasteiger charge is 2.23. The van der Waals surface area contributed by atoms with Crippen LogP contribution in [0.3, 0.4) is 0 Å². The molecule has 0 spiro atoms. The van der Waals surface area contributed by atoms with Gasteiger partial charge in [-0.2, -0.15) is 0 Å². The topological polar surface area (TPSA) is 92.4 Å². The molecule has 1 aromatic carbocycles. The molecule has 0 fully saturated rings. The molecule has 0 aliphatic rings. The molecule has 0 aliphatic heterocycles. The Morgan fingerprint density at radius 2 is 1.90 bits per heavy atom. The van der Waals surface area contributed by atoms with Gasteiger partial charge in [0.05, 0.1) is 6.42 Å². The number of hydrogen-bond acceptors (Lipinski definition) is 3. The Labute approximate surface area is 119 Å². The summed E-state index contributed by atoms with van der Waals surface area (Å²) < 4.78 is 0. The molecule has 0 bridgehead atoms. The van der Waals surface area contributed by atoms with E-state index in [0.29, 0.717) is 6.42 Å². The zero-order valence-electron chi connectivity index (χ0n) is 11.9. The highest BCUT2D eigenvalue weighted by Crippen LogP contribution is 2.16. The van der Waals surface area contributed by atoms with Crippen molar-refractivity contribution >= 4 is 11.9 Å².